The normalized spacial score (nSPS) is 11.4. The smallest absolute Gasteiger partial charge is 0.310 e. The predicted octanol–water partition coefficient (Wildman–Crippen LogP) is 5.78. The van der Waals surface area contributed by atoms with Crippen molar-refractivity contribution in [3.8, 4) is 34.2 Å². The highest BCUT2D eigenvalue weighted by Crippen LogP contribution is 2.27. The second-order valence-corrected chi connectivity index (χ2v) is 8.37. The summed E-state index contributed by atoms with van der Waals surface area (Å²) in [7, 11) is 0. The highest BCUT2D eigenvalue weighted by atomic mass is 16.3. The fraction of sp³-hybridized carbons (Fsp3) is 0. The molecule has 0 saturated carbocycles. The number of hydrogen-bond acceptors (Lipinski definition) is 6. The van der Waals surface area contributed by atoms with Crippen LogP contribution in [0.15, 0.2) is 112 Å². The Morgan fingerprint density at radius 3 is 1.83 bits per heavy atom. The molecule has 0 radical (unpaired) electrons. The first-order chi connectivity index (χ1) is 17.7. The summed E-state index contributed by atoms with van der Waals surface area (Å²) >= 11 is 0. The standard InChI is InChI=1S/C29H17N5O2/c35-28-21-13-7-8-14-24(21)36-29-30-22-17-20(15-16-23(22)34(28)29)27-32-25(18-9-3-1-4-10-18)31-26(33-27)19-11-5-2-6-12-19/h1-17H. The maximum absolute atomic E-state index is 13.2. The molecule has 3 aromatic heterocycles. The van der Waals surface area contributed by atoms with Gasteiger partial charge in [0.15, 0.2) is 17.5 Å². The minimum atomic E-state index is -0.167. The minimum absolute atomic E-state index is 0.167. The van der Waals surface area contributed by atoms with Crippen molar-refractivity contribution in [2.75, 3.05) is 0 Å². The topological polar surface area (TPSA) is 86.2 Å². The van der Waals surface area contributed by atoms with Crippen LogP contribution in [0, 0.1) is 0 Å². The van der Waals surface area contributed by atoms with Crippen molar-refractivity contribution in [3.05, 3.63) is 113 Å². The molecule has 7 aromatic rings. The van der Waals surface area contributed by atoms with Crippen LogP contribution in [0.3, 0.4) is 0 Å². The fourth-order valence-corrected chi connectivity index (χ4v) is 4.35. The van der Waals surface area contributed by atoms with E-state index in [1.54, 1.807) is 12.1 Å². The summed E-state index contributed by atoms with van der Waals surface area (Å²) in [6.45, 7) is 0. The average Bonchev–Trinajstić information content (AvgIpc) is 3.31. The van der Waals surface area contributed by atoms with Gasteiger partial charge >= 0.3 is 5.84 Å². The van der Waals surface area contributed by atoms with E-state index in [-0.39, 0.29) is 11.4 Å². The maximum Gasteiger partial charge on any atom is 0.310 e. The van der Waals surface area contributed by atoms with E-state index in [1.165, 1.54) is 4.40 Å². The van der Waals surface area contributed by atoms with Crippen LogP contribution >= 0.6 is 0 Å². The summed E-state index contributed by atoms with van der Waals surface area (Å²) in [5.41, 5.74) is 4.17. The van der Waals surface area contributed by atoms with Crippen molar-refractivity contribution in [3.63, 3.8) is 0 Å². The minimum Gasteiger partial charge on any atom is -0.424 e. The van der Waals surface area contributed by atoms with E-state index < -0.39 is 0 Å². The Hall–Kier alpha value is -5.17. The van der Waals surface area contributed by atoms with E-state index in [4.69, 9.17) is 19.4 Å². The molecule has 36 heavy (non-hydrogen) atoms. The van der Waals surface area contributed by atoms with E-state index in [2.05, 4.69) is 4.98 Å². The SMILES string of the molecule is O=c1c2ccccc2oc2nc3cc(-c4nc(-c5ccccc5)nc(-c5ccccc5)n4)ccc3n12. The molecule has 3 heterocycles. The zero-order chi connectivity index (χ0) is 24.1. The molecular weight excluding hydrogens is 450 g/mol. The van der Waals surface area contributed by atoms with Gasteiger partial charge in [-0.15, -0.1) is 0 Å². The Morgan fingerprint density at radius 2 is 1.17 bits per heavy atom. The number of para-hydroxylation sites is 1. The van der Waals surface area contributed by atoms with E-state index in [0.717, 1.165) is 16.7 Å². The molecule has 7 rings (SSSR count). The number of rotatable bonds is 3. The number of hydrogen-bond donors (Lipinski definition) is 0. The van der Waals surface area contributed by atoms with Crippen LogP contribution in [0.1, 0.15) is 0 Å². The Balaban J connectivity index is 1.45. The van der Waals surface area contributed by atoms with Gasteiger partial charge in [0.05, 0.1) is 16.4 Å². The molecular formula is C29H17N5O2. The van der Waals surface area contributed by atoms with Crippen LogP contribution in [0.2, 0.25) is 0 Å². The van der Waals surface area contributed by atoms with Gasteiger partial charge in [0, 0.05) is 16.7 Å². The zero-order valence-electron chi connectivity index (χ0n) is 18.9. The van der Waals surface area contributed by atoms with Crippen molar-refractivity contribution >= 4 is 27.8 Å². The van der Waals surface area contributed by atoms with E-state index >= 15 is 0 Å². The third-order valence-corrected chi connectivity index (χ3v) is 6.10. The quantitative estimate of drug-likeness (QED) is 0.327. The van der Waals surface area contributed by atoms with Crippen LogP contribution in [0.4, 0.5) is 0 Å². The second-order valence-electron chi connectivity index (χ2n) is 8.37. The van der Waals surface area contributed by atoms with E-state index in [9.17, 15) is 4.79 Å². The largest absolute Gasteiger partial charge is 0.424 e. The zero-order valence-corrected chi connectivity index (χ0v) is 18.9. The van der Waals surface area contributed by atoms with Gasteiger partial charge in [-0.3, -0.25) is 4.79 Å². The number of nitrogens with zero attached hydrogens (tertiary/aromatic N) is 5. The van der Waals surface area contributed by atoms with Gasteiger partial charge in [0.2, 0.25) is 0 Å². The van der Waals surface area contributed by atoms with Crippen molar-refractivity contribution in [2.24, 2.45) is 0 Å². The fourth-order valence-electron chi connectivity index (χ4n) is 4.35. The molecule has 0 fully saturated rings. The first-order valence-electron chi connectivity index (χ1n) is 11.5. The van der Waals surface area contributed by atoms with E-state index in [0.29, 0.717) is 39.5 Å². The van der Waals surface area contributed by atoms with Crippen LogP contribution in [-0.4, -0.2) is 24.3 Å². The lowest BCUT2D eigenvalue weighted by atomic mass is 10.1. The average molecular weight is 467 g/mol. The summed E-state index contributed by atoms with van der Waals surface area (Å²) in [6, 6.07) is 32.4. The molecule has 0 aliphatic carbocycles. The Morgan fingerprint density at radius 1 is 0.583 bits per heavy atom. The summed E-state index contributed by atoms with van der Waals surface area (Å²) in [6.07, 6.45) is 0. The second kappa shape index (κ2) is 7.95. The van der Waals surface area contributed by atoms with Gasteiger partial charge in [0.1, 0.15) is 5.58 Å². The van der Waals surface area contributed by atoms with Crippen molar-refractivity contribution in [1.29, 1.82) is 0 Å². The van der Waals surface area contributed by atoms with Crippen LogP contribution in [-0.2, 0) is 0 Å². The lowest BCUT2D eigenvalue weighted by Crippen LogP contribution is -2.12. The molecule has 0 spiro atoms. The number of fused-ring (bicyclic) bond motifs is 4. The molecule has 170 valence electrons. The lowest BCUT2D eigenvalue weighted by Gasteiger charge is -2.08. The maximum atomic E-state index is 13.2. The van der Waals surface area contributed by atoms with Crippen LogP contribution in [0.25, 0.3) is 62.0 Å². The van der Waals surface area contributed by atoms with Gasteiger partial charge < -0.3 is 4.42 Å². The Bertz CT molecular complexity index is 1900. The molecule has 0 bridgehead atoms. The van der Waals surface area contributed by atoms with Gasteiger partial charge in [-0.2, -0.15) is 4.98 Å². The van der Waals surface area contributed by atoms with Crippen molar-refractivity contribution in [1.82, 2.24) is 24.3 Å². The molecule has 7 heteroatoms. The number of aromatic nitrogens is 5. The monoisotopic (exact) mass is 467 g/mol. The Labute approximate surface area is 204 Å². The number of benzene rings is 4. The van der Waals surface area contributed by atoms with Gasteiger partial charge in [0.25, 0.3) is 5.56 Å². The summed E-state index contributed by atoms with van der Waals surface area (Å²) in [5, 5.41) is 0.505. The predicted molar refractivity (Wildman–Crippen MR) is 138 cm³/mol. The van der Waals surface area contributed by atoms with Gasteiger partial charge in [-0.05, 0) is 30.3 Å². The summed E-state index contributed by atoms with van der Waals surface area (Å²) < 4.78 is 7.42. The van der Waals surface area contributed by atoms with Crippen LogP contribution in [0.5, 0.6) is 0 Å². The van der Waals surface area contributed by atoms with Crippen molar-refractivity contribution < 1.29 is 4.42 Å². The third-order valence-electron chi connectivity index (χ3n) is 6.10. The van der Waals surface area contributed by atoms with E-state index in [1.807, 2.05) is 91.0 Å². The Kier molecular flexibility index (Phi) is 4.47. The molecule has 0 saturated heterocycles. The molecule has 0 N–H and O–H groups in total. The summed E-state index contributed by atoms with van der Waals surface area (Å²) in [4.78, 5) is 32.1. The molecule has 0 aliphatic rings. The molecule has 7 nitrogen and oxygen atoms in total. The number of imidazole rings is 1. The third kappa shape index (κ3) is 3.25. The van der Waals surface area contributed by atoms with Crippen LogP contribution < -0.4 is 5.56 Å². The summed E-state index contributed by atoms with van der Waals surface area (Å²) in [5.74, 6) is 1.93. The molecule has 0 unspecified atom stereocenters. The highest BCUT2D eigenvalue weighted by Gasteiger charge is 2.16. The molecule has 0 amide bonds. The lowest BCUT2D eigenvalue weighted by molar-refractivity contribution is 0.616. The molecule has 0 aliphatic heterocycles. The highest BCUT2D eigenvalue weighted by molar-refractivity contribution is 5.86. The van der Waals surface area contributed by atoms with Gasteiger partial charge in [-0.1, -0.05) is 72.8 Å². The molecule has 0 atom stereocenters. The first kappa shape index (κ1) is 20.2. The first-order valence-corrected chi connectivity index (χ1v) is 11.5. The molecule has 4 aromatic carbocycles. The van der Waals surface area contributed by atoms with Crippen molar-refractivity contribution in [2.45, 2.75) is 0 Å². The van der Waals surface area contributed by atoms with Gasteiger partial charge in [-0.25, -0.2) is 19.4 Å².